The van der Waals surface area contributed by atoms with Crippen molar-refractivity contribution in [1.82, 2.24) is 24.5 Å². The van der Waals surface area contributed by atoms with Gasteiger partial charge in [0.2, 0.25) is 0 Å². The summed E-state index contributed by atoms with van der Waals surface area (Å²) in [5, 5.41) is 0. The third-order valence-electron chi connectivity index (χ3n) is 3.96. The molecule has 0 saturated carbocycles. The second-order valence-corrected chi connectivity index (χ2v) is 5.63. The van der Waals surface area contributed by atoms with E-state index >= 15 is 0 Å². The molecule has 23 heavy (non-hydrogen) atoms. The normalized spacial score (nSPS) is 10.8. The third-order valence-corrected chi connectivity index (χ3v) is 3.96. The van der Waals surface area contributed by atoms with Crippen LogP contribution < -0.4 is 4.90 Å². The standard InChI is InChI=1S/C17H20N6/c1-12-13(2)20-16(14-5-7-18-8-6-14)21-17(12)23(4)11-15-19-9-10-22(15)3/h5-10H,11H2,1-4H3. The highest BCUT2D eigenvalue weighted by molar-refractivity contribution is 5.59. The van der Waals surface area contributed by atoms with Crippen LogP contribution >= 0.6 is 0 Å². The highest BCUT2D eigenvalue weighted by Crippen LogP contribution is 2.24. The van der Waals surface area contributed by atoms with E-state index in [0.717, 1.165) is 34.3 Å². The highest BCUT2D eigenvalue weighted by atomic mass is 15.2. The van der Waals surface area contributed by atoms with Crippen molar-refractivity contribution in [2.24, 2.45) is 7.05 Å². The summed E-state index contributed by atoms with van der Waals surface area (Å²) in [5.74, 6) is 2.64. The Kier molecular flexibility index (Phi) is 4.06. The quantitative estimate of drug-likeness (QED) is 0.741. The van der Waals surface area contributed by atoms with E-state index in [2.05, 4.69) is 26.8 Å². The minimum Gasteiger partial charge on any atom is -0.352 e. The molecule has 0 spiro atoms. The topological polar surface area (TPSA) is 59.7 Å². The van der Waals surface area contributed by atoms with E-state index in [1.165, 1.54) is 0 Å². The molecule has 0 amide bonds. The molecule has 0 saturated heterocycles. The number of aromatic nitrogens is 5. The van der Waals surface area contributed by atoms with Gasteiger partial charge in [-0.05, 0) is 26.0 Å². The van der Waals surface area contributed by atoms with Crippen molar-refractivity contribution in [2.45, 2.75) is 20.4 Å². The van der Waals surface area contributed by atoms with Crippen molar-refractivity contribution in [3.05, 3.63) is 54.0 Å². The molecular weight excluding hydrogens is 288 g/mol. The van der Waals surface area contributed by atoms with E-state index in [9.17, 15) is 0 Å². The van der Waals surface area contributed by atoms with Crippen LogP contribution in [0.3, 0.4) is 0 Å². The molecule has 0 unspecified atom stereocenters. The van der Waals surface area contributed by atoms with E-state index in [4.69, 9.17) is 4.98 Å². The van der Waals surface area contributed by atoms with Gasteiger partial charge in [-0.3, -0.25) is 4.98 Å². The molecule has 0 aliphatic rings. The largest absolute Gasteiger partial charge is 0.352 e. The minimum absolute atomic E-state index is 0.691. The van der Waals surface area contributed by atoms with Crippen LogP contribution in [0.2, 0.25) is 0 Å². The van der Waals surface area contributed by atoms with Gasteiger partial charge in [-0.1, -0.05) is 0 Å². The Morgan fingerprint density at radius 3 is 2.48 bits per heavy atom. The number of nitrogens with zero attached hydrogens (tertiary/aromatic N) is 6. The molecule has 118 valence electrons. The van der Waals surface area contributed by atoms with Gasteiger partial charge in [0.1, 0.15) is 11.6 Å². The summed E-state index contributed by atoms with van der Waals surface area (Å²) < 4.78 is 2.02. The predicted octanol–water partition coefficient (Wildman–Crippen LogP) is 2.53. The summed E-state index contributed by atoms with van der Waals surface area (Å²) in [4.78, 5) is 19.9. The van der Waals surface area contributed by atoms with Gasteiger partial charge in [0.15, 0.2) is 5.82 Å². The zero-order chi connectivity index (χ0) is 16.4. The van der Waals surface area contributed by atoms with Crippen LogP contribution in [0.5, 0.6) is 0 Å². The second kappa shape index (κ2) is 6.16. The molecule has 3 rings (SSSR count). The van der Waals surface area contributed by atoms with Crippen molar-refractivity contribution < 1.29 is 0 Å². The van der Waals surface area contributed by atoms with E-state index in [-0.39, 0.29) is 0 Å². The number of pyridine rings is 1. The number of hydrogen-bond acceptors (Lipinski definition) is 5. The van der Waals surface area contributed by atoms with E-state index < -0.39 is 0 Å². The molecule has 3 aromatic heterocycles. The molecule has 0 fully saturated rings. The van der Waals surface area contributed by atoms with Crippen LogP contribution in [0, 0.1) is 13.8 Å². The fraction of sp³-hybridized carbons (Fsp3) is 0.294. The van der Waals surface area contributed by atoms with Crippen LogP contribution in [-0.2, 0) is 13.6 Å². The maximum absolute atomic E-state index is 4.76. The molecule has 0 aromatic carbocycles. The monoisotopic (exact) mass is 308 g/mol. The maximum atomic E-state index is 4.76. The van der Waals surface area contributed by atoms with Gasteiger partial charge >= 0.3 is 0 Å². The van der Waals surface area contributed by atoms with Gasteiger partial charge in [-0.2, -0.15) is 0 Å². The zero-order valence-electron chi connectivity index (χ0n) is 13.9. The molecule has 3 aromatic rings. The van der Waals surface area contributed by atoms with Crippen LogP contribution in [-0.4, -0.2) is 31.6 Å². The van der Waals surface area contributed by atoms with Gasteiger partial charge in [-0.15, -0.1) is 0 Å². The smallest absolute Gasteiger partial charge is 0.161 e. The first-order valence-corrected chi connectivity index (χ1v) is 7.49. The maximum Gasteiger partial charge on any atom is 0.161 e. The molecule has 0 aliphatic heterocycles. The number of hydrogen-bond donors (Lipinski definition) is 0. The van der Waals surface area contributed by atoms with Gasteiger partial charge < -0.3 is 9.47 Å². The van der Waals surface area contributed by atoms with Crippen molar-refractivity contribution >= 4 is 5.82 Å². The van der Waals surface area contributed by atoms with Crippen LogP contribution in [0.1, 0.15) is 17.1 Å². The fourth-order valence-electron chi connectivity index (χ4n) is 2.45. The van der Waals surface area contributed by atoms with Gasteiger partial charge in [0.05, 0.1) is 6.54 Å². The molecule has 3 heterocycles. The fourth-order valence-corrected chi connectivity index (χ4v) is 2.45. The first kappa shape index (κ1) is 15.1. The Morgan fingerprint density at radius 2 is 1.83 bits per heavy atom. The lowest BCUT2D eigenvalue weighted by molar-refractivity contribution is 0.752. The average Bonchev–Trinajstić information content (AvgIpc) is 2.95. The predicted molar refractivity (Wildman–Crippen MR) is 90.1 cm³/mol. The summed E-state index contributed by atoms with van der Waals surface area (Å²) >= 11 is 0. The average molecular weight is 308 g/mol. The van der Waals surface area contributed by atoms with Crippen molar-refractivity contribution in [2.75, 3.05) is 11.9 Å². The lowest BCUT2D eigenvalue weighted by Crippen LogP contribution is -2.22. The van der Waals surface area contributed by atoms with Crippen molar-refractivity contribution in [1.29, 1.82) is 0 Å². The Hall–Kier alpha value is -2.76. The Bertz CT molecular complexity index is 809. The lowest BCUT2D eigenvalue weighted by atomic mass is 10.2. The summed E-state index contributed by atoms with van der Waals surface area (Å²) in [6, 6.07) is 3.85. The van der Waals surface area contributed by atoms with E-state index in [1.807, 2.05) is 50.1 Å². The minimum atomic E-state index is 0.691. The molecule has 0 aliphatic carbocycles. The van der Waals surface area contributed by atoms with Crippen LogP contribution in [0.25, 0.3) is 11.4 Å². The first-order valence-electron chi connectivity index (χ1n) is 7.49. The van der Waals surface area contributed by atoms with Crippen molar-refractivity contribution in [3.63, 3.8) is 0 Å². The lowest BCUT2D eigenvalue weighted by Gasteiger charge is -2.21. The molecular formula is C17H20N6. The van der Waals surface area contributed by atoms with E-state index in [0.29, 0.717) is 6.54 Å². The molecule has 0 N–H and O–H groups in total. The number of imidazole rings is 1. The van der Waals surface area contributed by atoms with Gasteiger partial charge in [0, 0.05) is 55.7 Å². The molecule has 6 heteroatoms. The first-order chi connectivity index (χ1) is 11.1. The van der Waals surface area contributed by atoms with Gasteiger partial charge in [0.25, 0.3) is 0 Å². The Labute approximate surface area is 135 Å². The second-order valence-electron chi connectivity index (χ2n) is 5.63. The molecule has 6 nitrogen and oxygen atoms in total. The third kappa shape index (κ3) is 3.06. The molecule has 0 bridgehead atoms. The number of rotatable bonds is 4. The SMILES string of the molecule is Cc1nc(-c2ccncc2)nc(N(C)Cc2nccn2C)c1C. The van der Waals surface area contributed by atoms with Crippen LogP contribution in [0.15, 0.2) is 36.9 Å². The molecule has 0 radical (unpaired) electrons. The zero-order valence-corrected chi connectivity index (χ0v) is 13.9. The van der Waals surface area contributed by atoms with Crippen molar-refractivity contribution in [3.8, 4) is 11.4 Å². The summed E-state index contributed by atoms with van der Waals surface area (Å²) in [5.41, 5.74) is 3.03. The van der Waals surface area contributed by atoms with E-state index in [1.54, 1.807) is 12.4 Å². The summed E-state index contributed by atoms with van der Waals surface area (Å²) in [6.07, 6.45) is 7.27. The number of aryl methyl sites for hydroxylation is 2. The summed E-state index contributed by atoms with van der Waals surface area (Å²) in [7, 11) is 4.02. The number of anilines is 1. The highest BCUT2D eigenvalue weighted by Gasteiger charge is 2.14. The molecule has 0 atom stereocenters. The Morgan fingerprint density at radius 1 is 1.09 bits per heavy atom. The van der Waals surface area contributed by atoms with Gasteiger partial charge in [-0.25, -0.2) is 15.0 Å². The summed E-state index contributed by atoms with van der Waals surface area (Å²) in [6.45, 7) is 4.76. The Balaban J connectivity index is 1.98. The van der Waals surface area contributed by atoms with Crippen LogP contribution in [0.4, 0.5) is 5.82 Å².